The van der Waals surface area contributed by atoms with Gasteiger partial charge in [-0.25, -0.2) is 8.78 Å². The molecule has 1 aromatic heterocycles. The van der Waals surface area contributed by atoms with E-state index in [9.17, 15) is 13.6 Å². The molecule has 0 bridgehead atoms. The standard InChI is InChI=1S/C18H24F2N2OS/c19-18(20)5-3-13(4-6-18)22-17(23)12-7-16(24-10-12)14-8-15(14)21-9-11-1-2-11/h7,10-11,13-15,21H,1-6,8-9H2,(H,22,23). The van der Waals surface area contributed by atoms with Gasteiger partial charge in [0.05, 0.1) is 5.56 Å². The molecule has 3 fully saturated rings. The Hall–Kier alpha value is -1.01. The predicted octanol–water partition coefficient (Wildman–Crippen LogP) is 3.91. The number of halogens is 2. The zero-order chi connectivity index (χ0) is 16.7. The fourth-order valence-electron chi connectivity index (χ4n) is 3.49. The molecule has 24 heavy (non-hydrogen) atoms. The van der Waals surface area contributed by atoms with E-state index < -0.39 is 5.92 Å². The van der Waals surface area contributed by atoms with Gasteiger partial charge < -0.3 is 10.6 Å². The van der Waals surface area contributed by atoms with Crippen LogP contribution in [0.1, 0.15) is 66.1 Å². The number of amides is 1. The molecular weight excluding hydrogens is 330 g/mol. The molecule has 4 rings (SSSR count). The van der Waals surface area contributed by atoms with Crippen LogP contribution >= 0.6 is 11.3 Å². The molecule has 1 amide bonds. The van der Waals surface area contributed by atoms with E-state index in [1.807, 2.05) is 11.4 Å². The highest BCUT2D eigenvalue weighted by Crippen LogP contribution is 2.44. The highest BCUT2D eigenvalue weighted by molar-refractivity contribution is 7.10. The minimum atomic E-state index is -2.55. The van der Waals surface area contributed by atoms with Crippen molar-refractivity contribution in [2.45, 2.75) is 68.9 Å². The van der Waals surface area contributed by atoms with Gasteiger partial charge in [-0.3, -0.25) is 4.79 Å². The molecule has 3 saturated carbocycles. The molecule has 3 nitrogen and oxygen atoms in total. The Morgan fingerprint density at radius 1 is 1.25 bits per heavy atom. The van der Waals surface area contributed by atoms with Crippen LogP contribution in [0.5, 0.6) is 0 Å². The summed E-state index contributed by atoms with van der Waals surface area (Å²) in [7, 11) is 0. The van der Waals surface area contributed by atoms with Gasteiger partial charge in [-0.2, -0.15) is 0 Å². The number of rotatable bonds is 6. The number of nitrogens with one attached hydrogen (secondary N) is 2. The molecule has 0 radical (unpaired) electrons. The van der Waals surface area contributed by atoms with Crippen molar-refractivity contribution in [1.29, 1.82) is 0 Å². The van der Waals surface area contributed by atoms with Crippen molar-refractivity contribution in [2.24, 2.45) is 5.92 Å². The second kappa shape index (κ2) is 6.37. The highest BCUT2D eigenvalue weighted by atomic mass is 32.1. The van der Waals surface area contributed by atoms with Crippen LogP contribution in [0.3, 0.4) is 0 Å². The summed E-state index contributed by atoms with van der Waals surface area (Å²) in [6.45, 7) is 1.13. The van der Waals surface area contributed by atoms with Gasteiger partial charge in [0.2, 0.25) is 5.92 Å². The minimum absolute atomic E-state index is 0.115. The van der Waals surface area contributed by atoms with Crippen LogP contribution < -0.4 is 10.6 Å². The first-order valence-electron chi connectivity index (χ1n) is 9.01. The summed E-state index contributed by atoms with van der Waals surface area (Å²) in [4.78, 5) is 13.6. The largest absolute Gasteiger partial charge is 0.349 e. The molecule has 0 aromatic carbocycles. The van der Waals surface area contributed by atoms with Crippen LogP contribution in [-0.2, 0) is 0 Å². The first-order valence-corrected chi connectivity index (χ1v) is 9.89. The lowest BCUT2D eigenvalue weighted by Crippen LogP contribution is -2.40. The number of carbonyl (C=O) groups excluding carboxylic acids is 1. The fraction of sp³-hybridized carbons (Fsp3) is 0.722. The molecule has 6 heteroatoms. The smallest absolute Gasteiger partial charge is 0.252 e. The van der Waals surface area contributed by atoms with E-state index in [4.69, 9.17) is 0 Å². The van der Waals surface area contributed by atoms with Crippen LogP contribution in [0.4, 0.5) is 8.78 Å². The summed E-state index contributed by atoms with van der Waals surface area (Å²) in [6.07, 6.45) is 4.37. The molecule has 1 aromatic rings. The number of hydrogen-bond acceptors (Lipinski definition) is 3. The van der Waals surface area contributed by atoms with Gasteiger partial charge in [-0.05, 0) is 50.6 Å². The number of alkyl halides is 2. The topological polar surface area (TPSA) is 41.1 Å². The Labute approximate surface area is 145 Å². The molecule has 3 aliphatic carbocycles. The SMILES string of the molecule is O=C(NC1CCC(F)(F)CC1)c1csc(C2CC2NCC2CC2)c1. The Balaban J connectivity index is 1.26. The number of thiophene rings is 1. The van der Waals surface area contributed by atoms with Gasteiger partial charge in [0.25, 0.3) is 5.91 Å². The van der Waals surface area contributed by atoms with Crippen molar-refractivity contribution in [3.05, 3.63) is 21.9 Å². The van der Waals surface area contributed by atoms with Gasteiger partial charge >= 0.3 is 0 Å². The zero-order valence-corrected chi connectivity index (χ0v) is 14.5. The summed E-state index contributed by atoms with van der Waals surface area (Å²) < 4.78 is 26.3. The second-order valence-corrected chi connectivity index (χ2v) is 8.58. The molecule has 132 valence electrons. The van der Waals surface area contributed by atoms with Crippen LogP contribution in [0.15, 0.2) is 11.4 Å². The Morgan fingerprint density at radius 2 is 2.00 bits per heavy atom. The maximum Gasteiger partial charge on any atom is 0.252 e. The Morgan fingerprint density at radius 3 is 2.71 bits per heavy atom. The third-order valence-electron chi connectivity index (χ3n) is 5.46. The molecule has 1 heterocycles. The van der Waals surface area contributed by atoms with E-state index >= 15 is 0 Å². The van der Waals surface area contributed by atoms with Crippen LogP contribution in [0.2, 0.25) is 0 Å². The molecule has 0 saturated heterocycles. The molecule has 2 atom stereocenters. The number of carbonyl (C=O) groups is 1. The second-order valence-electron chi connectivity index (χ2n) is 7.64. The van der Waals surface area contributed by atoms with Gasteiger partial charge in [0, 0.05) is 41.1 Å². The lowest BCUT2D eigenvalue weighted by Gasteiger charge is -2.28. The summed E-state index contributed by atoms with van der Waals surface area (Å²) >= 11 is 1.64. The molecule has 2 unspecified atom stereocenters. The molecule has 2 N–H and O–H groups in total. The lowest BCUT2D eigenvalue weighted by molar-refractivity contribution is -0.0399. The predicted molar refractivity (Wildman–Crippen MR) is 90.9 cm³/mol. The molecular formula is C18H24F2N2OS. The molecule has 3 aliphatic rings. The first kappa shape index (κ1) is 16.5. The highest BCUT2D eigenvalue weighted by Gasteiger charge is 2.40. The first-order chi connectivity index (χ1) is 11.5. The van der Waals surface area contributed by atoms with Crippen molar-refractivity contribution in [3.8, 4) is 0 Å². The van der Waals surface area contributed by atoms with Crippen LogP contribution in [0.25, 0.3) is 0 Å². The van der Waals surface area contributed by atoms with Crippen molar-refractivity contribution in [1.82, 2.24) is 10.6 Å². The monoisotopic (exact) mass is 354 g/mol. The van der Waals surface area contributed by atoms with E-state index in [0.29, 0.717) is 30.4 Å². The lowest BCUT2D eigenvalue weighted by atomic mass is 9.92. The third kappa shape index (κ3) is 3.97. The Kier molecular flexibility index (Phi) is 4.37. The van der Waals surface area contributed by atoms with Crippen molar-refractivity contribution >= 4 is 17.2 Å². The van der Waals surface area contributed by atoms with E-state index in [-0.39, 0.29) is 24.8 Å². The minimum Gasteiger partial charge on any atom is -0.349 e. The van der Waals surface area contributed by atoms with E-state index in [1.54, 1.807) is 11.3 Å². The maximum absolute atomic E-state index is 13.2. The van der Waals surface area contributed by atoms with Gasteiger partial charge in [-0.1, -0.05) is 0 Å². The van der Waals surface area contributed by atoms with Crippen molar-refractivity contribution in [3.63, 3.8) is 0 Å². The van der Waals surface area contributed by atoms with Crippen molar-refractivity contribution in [2.75, 3.05) is 6.54 Å². The fourth-order valence-corrected chi connectivity index (χ4v) is 4.56. The quantitative estimate of drug-likeness (QED) is 0.813. The normalized spacial score (nSPS) is 29.4. The van der Waals surface area contributed by atoms with Crippen LogP contribution in [0, 0.1) is 5.92 Å². The van der Waals surface area contributed by atoms with Gasteiger partial charge in [0.1, 0.15) is 0 Å². The molecule has 0 aliphatic heterocycles. The maximum atomic E-state index is 13.2. The van der Waals surface area contributed by atoms with Crippen LogP contribution in [-0.4, -0.2) is 30.5 Å². The van der Waals surface area contributed by atoms with Crippen molar-refractivity contribution < 1.29 is 13.6 Å². The summed E-state index contributed by atoms with van der Waals surface area (Å²) in [5.74, 6) is -1.23. The van der Waals surface area contributed by atoms with E-state index in [1.165, 1.54) is 17.7 Å². The third-order valence-corrected chi connectivity index (χ3v) is 6.52. The summed E-state index contributed by atoms with van der Waals surface area (Å²) in [5.41, 5.74) is 0.681. The summed E-state index contributed by atoms with van der Waals surface area (Å²) in [5, 5.41) is 8.44. The average Bonchev–Trinajstić information content (AvgIpc) is 3.46. The Bertz CT molecular complexity index is 604. The van der Waals surface area contributed by atoms with Gasteiger partial charge in [0.15, 0.2) is 0 Å². The van der Waals surface area contributed by atoms with Gasteiger partial charge in [-0.15, -0.1) is 11.3 Å². The molecule has 0 spiro atoms. The average molecular weight is 354 g/mol. The zero-order valence-electron chi connectivity index (χ0n) is 13.7. The summed E-state index contributed by atoms with van der Waals surface area (Å²) in [6, 6.07) is 2.44. The number of hydrogen-bond donors (Lipinski definition) is 2. The van der Waals surface area contributed by atoms with E-state index in [0.717, 1.165) is 18.9 Å². The van der Waals surface area contributed by atoms with E-state index in [2.05, 4.69) is 10.6 Å².